The van der Waals surface area contributed by atoms with E-state index in [1.165, 1.54) is 4.68 Å². The van der Waals surface area contributed by atoms with Crippen LogP contribution in [0.4, 0.5) is 9.18 Å². The number of amides is 5. The summed E-state index contributed by atoms with van der Waals surface area (Å²) in [6, 6.07) is 3.78. The zero-order valence-corrected chi connectivity index (χ0v) is 30.8. The molecule has 0 saturated carbocycles. The summed E-state index contributed by atoms with van der Waals surface area (Å²) in [5, 5.41) is 33.4. The van der Waals surface area contributed by atoms with E-state index in [0.717, 1.165) is 5.01 Å². The molecule has 1 aliphatic heterocycles. The molecular weight excluding hydrogens is 719 g/mol. The van der Waals surface area contributed by atoms with Crippen LogP contribution in [0.15, 0.2) is 36.5 Å². The van der Waals surface area contributed by atoms with Gasteiger partial charge in [-0.15, -0.1) is 5.10 Å². The van der Waals surface area contributed by atoms with E-state index < -0.39 is 73.1 Å². The summed E-state index contributed by atoms with van der Waals surface area (Å²) in [5.41, 5.74) is 9.03. The molecule has 0 radical (unpaired) electrons. The van der Waals surface area contributed by atoms with Gasteiger partial charge in [0.1, 0.15) is 18.6 Å². The van der Waals surface area contributed by atoms with E-state index in [2.05, 4.69) is 31.7 Å². The third-order valence-electron chi connectivity index (χ3n) is 8.75. The number of amidine groups is 1. The van der Waals surface area contributed by atoms with E-state index in [0.29, 0.717) is 56.2 Å². The number of hydrogen-bond donors (Lipinski definition) is 7. The van der Waals surface area contributed by atoms with Crippen LogP contribution in [0.25, 0.3) is 0 Å². The number of aromatic nitrogens is 3. The van der Waals surface area contributed by atoms with Crippen LogP contribution in [0.3, 0.4) is 0 Å². The highest BCUT2D eigenvalue weighted by Crippen LogP contribution is 2.13. The number of halogens is 1. The zero-order valence-electron chi connectivity index (χ0n) is 30.8. The van der Waals surface area contributed by atoms with E-state index in [-0.39, 0.29) is 56.8 Å². The van der Waals surface area contributed by atoms with Gasteiger partial charge in [-0.1, -0.05) is 54.8 Å². The molecule has 3 atom stereocenters. The second kappa shape index (κ2) is 23.1. The monoisotopic (exact) mass is 770 g/mol. The third kappa shape index (κ3) is 16.4. The summed E-state index contributed by atoms with van der Waals surface area (Å²) < 4.78 is 13.9. The number of nitrogens with zero attached hydrogens (tertiary/aromatic N) is 4. The molecule has 1 aromatic heterocycles. The average Bonchev–Trinajstić information content (AvgIpc) is 3.59. The fourth-order valence-electron chi connectivity index (χ4n) is 5.83. The van der Waals surface area contributed by atoms with Crippen LogP contribution in [0, 0.1) is 5.41 Å². The van der Waals surface area contributed by atoms with Crippen molar-refractivity contribution in [3.05, 3.63) is 47.8 Å². The highest BCUT2D eigenvalue weighted by atomic mass is 19.1. The first-order chi connectivity index (χ1) is 26.3. The number of Topliss-reactive ketones (excluding diaryl/α,β-unsaturated/α-hetero) is 2. The average molecular weight is 771 g/mol. The Labute approximate surface area is 318 Å². The summed E-state index contributed by atoms with van der Waals surface area (Å²) in [4.78, 5) is 91.5. The van der Waals surface area contributed by atoms with Crippen LogP contribution in [-0.2, 0) is 48.3 Å². The molecular formula is C36H51FN10O8. The number of rotatable bonds is 20. The zero-order chi connectivity index (χ0) is 40.2. The van der Waals surface area contributed by atoms with Crippen molar-refractivity contribution in [3.63, 3.8) is 0 Å². The largest absolute Gasteiger partial charge is 0.481 e. The highest BCUT2D eigenvalue weighted by Gasteiger charge is 2.32. The Morgan fingerprint density at radius 3 is 2.29 bits per heavy atom. The molecule has 300 valence electrons. The number of alkyl halides is 1. The maximum Gasteiger partial charge on any atom is 0.337 e. The van der Waals surface area contributed by atoms with Crippen molar-refractivity contribution in [3.8, 4) is 0 Å². The molecule has 1 aromatic carbocycles. The topological polar surface area (TPSA) is 272 Å². The van der Waals surface area contributed by atoms with Crippen molar-refractivity contribution >= 4 is 47.1 Å². The molecule has 55 heavy (non-hydrogen) atoms. The lowest BCUT2D eigenvalue weighted by Gasteiger charge is -2.28. The maximum absolute atomic E-state index is 13.8. The van der Waals surface area contributed by atoms with Gasteiger partial charge in [-0.25, -0.2) is 14.5 Å². The van der Waals surface area contributed by atoms with Crippen LogP contribution >= 0.6 is 0 Å². The number of urea groups is 1. The molecule has 1 saturated heterocycles. The van der Waals surface area contributed by atoms with Gasteiger partial charge in [0.2, 0.25) is 11.8 Å². The lowest BCUT2D eigenvalue weighted by molar-refractivity contribution is -0.141. The first kappa shape index (κ1) is 43.7. The predicted molar refractivity (Wildman–Crippen MR) is 196 cm³/mol. The van der Waals surface area contributed by atoms with Crippen molar-refractivity contribution in [2.75, 3.05) is 6.67 Å². The van der Waals surface area contributed by atoms with Gasteiger partial charge < -0.3 is 26.8 Å². The summed E-state index contributed by atoms with van der Waals surface area (Å²) in [6.45, 7) is -0.664. The minimum absolute atomic E-state index is 0.00293. The molecule has 3 rings (SSSR count). The van der Waals surface area contributed by atoms with Crippen LogP contribution in [0.1, 0.15) is 94.7 Å². The van der Waals surface area contributed by atoms with Gasteiger partial charge in [-0.3, -0.25) is 44.0 Å². The number of aliphatic carboxylic acids is 1. The van der Waals surface area contributed by atoms with E-state index in [4.69, 9.17) is 11.1 Å². The normalized spacial score (nSPS) is 18.7. The number of benzene rings is 1. The second-order valence-corrected chi connectivity index (χ2v) is 13.4. The fraction of sp³-hybridized carbons (Fsp3) is 0.556. The number of hydrogen-bond acceptors (Lipinski definition) is 10. The van der Waals surface area contributed by atoms with E-state index in [1.54, 1.807) is 36.5 Å². The number of ketones is 2. The van der Waals surface area contributed by atoms with Gasteiger partial charge in [0, 0.05) is 31.9 Å². The maximum atomic E-state index is 13.8. The highest BCUT2D eigenvalue weighted by molar-refractivity contribution is 5.96. The molecule has 0 aliphatic carbocycles. The number of carboxylic acid groups (broad SMARTS) is 1. The molecule has 2 heterocycles. The second-order valence-electron chi connectivity index (χ2n) is 13.4. The lowest BCUT2D eigenvalue weighted by atomic mass is 9.99. The van der Waals surface area contributed by atoms with Gasteiger partial charge in [0.05, 0.1) is 37.2 Å². The predicted octanol–water partition coefficient (Wildman–Crippen LogP) is 1.61. The number of nitrogens with two attached hydrogens (primary N) is 1. The first-order valence-electron chi connectivity index (χ1n) is 18.4. The first-order valence-corrected chi connectivity index (χ1v) is 18.4. The molecule has 1 aliphatic rings. The molecule has 0 bridgehead atoms. The Morgan fingerprint density at radius 1 is 0.873 bits per heavy atom. The third-order valence-corrected chi connectivity index (χ3v) is 8.75. The minimum Gasteiger partial charge on any atom is -0.481 e. The lowest BCUT2D eigenvalue weighted by Crippen LogP contribution is -2.59. The van der Waals surface area contributed by atoms with Crippen LogP contribution in [0.5, 0.6) is 0 Å². The number of carbonyl (C=O) groups is 7. The fourth-order valence-corrected chi connectivity index (χ4v) is 5.83. The van der Waals surface area contributed by atoms with E-state index in [1.807, 2.05) is 0 Å². The molecule has 0 unspecified atom stereocenters. The minimum atomic E-state index is -1.59. The van der Waals surface area contributed by atoms with Gasteiger partial charge in [-0.05, 0) is 44.1 Å². The smallest absolute Gasteiger partial charge is 0.337 e. The number of aryl methyl sites for hydroxylation is 1. The summed E-state index contributed by atoms with van der Waals surface area (Å²) in [5.74, 6) is -4.48. The van der Waals surface area contributed by atoms with E-state index in [9.17, 15) is 43.1 Å². The summed E-state index contributed by atoms with van der Waals surface area (Å²) in [7, 11) is 0. The number of carboxylic acids is 1. The van der Waals surface area contributed by atoms with Crippen LogP contribution < -0.4 is 27.1 Å². The molecule has 8 N–H and O–H groups in total. The Hall–Kier alpha value is -5.75. The van der Waals surface area contributed by atoms with Crippen LogP contribution in [0.2, 0.25) is 0 Å². The Bertz CT molecular complexity index is 1640. The molecule has 18 nitrogen and oxygen atoms in total. The van der Waals surface area contributed by atoms with Gasteiger partial charge in [0.25, 0.3) is 5.91 Å². The number of nitrogens with one attached hydrogen (secondary N) is 5. The van der Waals surface area contributed by atoms with Gasteiger partial charge >= 0.3 is 12.0 Å². The molecule has 0 spiro atoms. The van der Waals surface area contributed by atoms with Gasteiger partial charge in [0.15, 0.2) is 11.6 Å². The molecule has 1 fully saturated rings. The number of hydrazine groups is 1. The Kier molecular flexibility index (Phi) is 18.4. The molecule has 19 heteroatoms. The van der Waals surface area contributed by atoms with Crippen molar-refractivity contribution < 1.29 is 43.1 Å². The number of unbranched alkanes of at least 4 members (excludes halogenated alkanes) is 3. The van der Waals surface area contributed by atoms with Crippen molar-refractivity contribution in [1.82, 2.24) is 41.4 Å². The molecule has 5 amide bonds. The van der Waals surface area contributed by atoms with Crippen LogP contribution in [-0.4, -0.2) is 97.0 Å². The SMILES string of the molecule is N=C(N)CCCC[C@@H]1NC(=O)[C@H](CCCCCC(=O)Cn2cc(CCCF)nn2)NC(=O)N(Cc2ccccc2)NC(=O)[C@H](CC(=O)O)NC(=O)CCC1=O. The van der Waals surface area contributed by atoms with Crippen molar-refractivity contribution in [2.24, 2.45) is 5.73 Å². The van der Waals surface area contributed by atoms with Gasteiger partial charge in [-0.2, -0.15) is 0 Å². The summed E-state index contributed by atoms with van der Waals surface area (Å²) >= 11 is 0. The van der Waals surface area contributed by atoms with Crippen molar-refractivity contribution in [2.45, 2.75) is 121 Å². The standard InChI is InChI=1S/C36H51FN10O8/c37-19-9-12-25-22-46(45-43-25)23-26(48)13-5-2-6-15-28-34(53)41-27(14-7-8-16-31(38)39)30(49)17-18-32(50)40-29(20-33(51)52)35(54)44-47(36(55)42-28)21-24-10-3-1-4-11-24/h1,3-4,10-11,22,27-29H,2,5-9,12-21,23H2,(H3,38,39)(H,40,50)(H,41,53)(H,42,55)(H,44,54)(H,51,52)/t27-,28-,29-/m0/s1. The Balaban J connectivity index is 1.80. The Morgan fingerprint density at radius 2 is 1.58 bits per heavy atom. The quantitative estimate of drug-likeness (QED) is 0.0577. The van der Waals surface area contributed by atoms with E-state index >= 15 is 0 Å². The van der Waals surface area contributed by atoms with Crippen molar-refractivity contribution in [1.29, 1.82) is 5.41 Å². The number of carbonyl (C=O) groups excluding carboxylic acids is 6. The summed E-state index contributed by atoms with van der Waals surface area (Å²) in [6.07, 6.45) is 3.75. The molecule has 2 aromatic rings.